The Bertz CT molecular complexity index is 976. The number of nitrogens with zero attached hydrogens (tertiary/aromatic N) is 5. The van der Waals surface area contributed by atoms with Gasteiger partial charge >= 0.3 is 0 Å². The molecule has 1 fully saturated rings. The lowest BCUT2D eigenvalue weighted by molar-refractivity contribution is 0.122. The fraction of sp³-hybridized carbons (Fsp3) is 0.238. The molecule has 8 nitrogen and oxygen atoms in total. The summed E-state index contributed by atoms with van der Waals surface area (Å²) in [5.74, 6) is 1.48. The van der Waals surface area contributed by atoms with E-state index in [0.29, 0.717) is 37.6 Å². The van der Waals surface area contributed by atoms with Crippen molar-refractivity contribution in [3.8, 4) is 0 Å². The van der Waals surface area contributed by atoms with Crippen molar-refractivity contribution in [2.45, 2.75) is 6.54 Å². The standard InChI is InChI=1S/C21H22BrN7O/c22-18-8-6-17(7-9-18)15-24-28-20-25-19(23-14-16-4-2-1-3-5-16)26-21(27-20)29-10-12-30-13-11-29/h1-9,15H,10-14H2,(H2,23,25,26,27,28)/b24-15+. The maximum Gasteiger partial charge on any atom is 0.250 e. The number of rotatable bonds is 7. The predicted molar refractivity (Wildman–Crippen MR) is 122 cm³/mol. The molecule has 1 aliphatic heterocycles. The Morgan fingerprint density at radius 3 is 2.47 bits per heavy atom. The number of hydrogen-bond donors (Lipinski definition) is 2. The zero-order valence-electron chi connectivity index (χ0n) is 16.3. The number of hydrazone groups is 1. The van der Waals surface area contributed by atoms with Gasteiger partial charge in [0.2, 0.25) is 17.8 Å². The number of morpholine rings is 1. The van der Waals surface area contributed by atoms with Gasteiger partial charge in [-0.05, 0) is 23.3 Å². The van der Waals surface area contributed by atoms with Gasteiger partial charge in [-0.25, -0.2) is 5.43 Å². The molecule has 0 radical (unpaired) electrons. The van der Waals surface area contributed by atoms with E-state index in [9.17, 15) is 0 Å². The minimum absolute atomic E-state index is 0.385. The van der Waals surface area contributed by atoms with E-state index in [0.717, 1.165) is 28.7 Å². The average molecular weight is 468 g/mol. The largest absolute Gasteiger partial charge is 0.378 e. The van der Waals surface area contributed by atoms with Crippen LogP contribution in [0, 0.1) is 0 Å². The van der Waals surface area contributed by atoms with Crippen molar-refractivity contribution in [3.05, 3.63) is 70.2 Å². The number of anilines is 3. The Morgan fingerprint density at radius 1 is 0.967 bits per heavy atom. The summed E-state index contributed by atoms with van der Waals surface area (Å²) >= 11 is 3.43. The molecule has 2 aromatic carbocycles. The van der Waals surface area contributed by atoms with E-state index in [-0.39, 0.29) is 0 Å². The van der Waals surface area contributed by atoms with Crippen molar-refractivity contribution in [2.75, 3.05) is 41.9 Å². The molecule has 9 heteroatoms. The summed E-state index contributed by atoms with van der Waals surface area (Å²) in [6.45, 7) is 3.41. The summed E-state index contributed by atoms with van der Waals surface area (Å²) < 4.78 is 6.46. The van der Waals surface area contributed by atoms with Crippen LogP contribution in [0.3, 0.4) is 0 Å². The van der Waals surface area contributed by atoms with Crippen LogP contribution in [0.15, 0.2) is 64.2 Å². The molecule has 0 atom stereocenters. The minimum atomic E-state index is 0.385. The molecule has 2 N–H and O–H groups in total. The topological polar surface area (TPSA) is 87.6 Å². The highest BCUT2D eigenvalue weighted by Gasteiger charge is 2.16. The first kappa shape index (κ1) is 20.2. The highest BCUT2D eigenvalue weighted by Crippen LogP contribution is 2.16. The van der Waals surface area contributed by atoms with Crippen molar-refractivity contribution in [1.82, 2.24) is 15.0 Å². The van der Waals surface area contributed by atoms with Gasteiger partial charge in [-0.3, -0.25) is 0 Å². The maximum absolute atomic E-state index is 5.44. The van der Waals surface area contributed by atoms with Crippen LogP contribution >= 0.6 is 15.9 Å². The molecule has 0 amide bonds. The van der Waals surface area contributed by atoms with Gasteiger partial charge in [-0.1, -0.05) is 58.4 Å². The third-order valence-corrected chi connectivity index (χ3v) is 4.99. The Balaban J connectivity index is 1.50. The lowest BCUT2D eigenvalue weighted by Crippen LogP contribution is -2.37. The smallest absolute Gasteiger partial charge is 0.250 e. The van der Waals surface area contributed by atoms with Gasteiger partial charge in [0.25, 0.3) is 0 Å². The lowest BCUT2D eigenvalue weighted by Gasteiger charge is -2.27. The molecule has 0 unspecified atom stereocenters. The molecular weight excluding hydrogens is 446 g/mol. The van der Waals surface area contributed by atoms with Crippen LogP contribution in [0.4, 0.5) is 17.8 Å². The zero-order valence-corrected chi connectivity index (χ0v) is 17.9. The number of nitrogens with one attached hydrogen (secondary N) is 2. The van der Waals surface area contributed by atoms with Crippen LogP contribution in [0.2, 0.25) is 0 Å². The molecule has 2 heterocycles. The van der Waals surface area contributed by atoms with Crippen LogP contribution in [0.1, 0.15) is 11.1 Å². The van der Waals surface area contributed by atoms with E-state index in [2.05, 4.69) is 63.8 Å². The number of benzene rings is 2. The van der Waals surface area contributed by atoms with Crippen molar-refractivity contribution in [2.24, 2.45) is 5.10 Å². The number of aromatic nitrogens is 3. The Labute approximate surface area is 183 Å². The van der Waals surface area contributed by atoms with E-state index in [1.165, 1.54) is 0 Å². The lowest BCUT2D eigenvalue weighted by atomic mass is 10.2. The van der Waals surface area contributed by atoms with Crippen molar-refractivity contribution >= 4 is 40.0 Å². The SMILES string of the molecule is Brc1ccc(/C=N/Nc2nc(NCc3ccccc3)nc(N3CCOCC3)n2)cc1. The number of halogens is 1. The van der Waals surface area contributed by atoms with Crippen molar-refractivity contribution < 1.29 is 4.74 Å². The van der Waals surface area contributed by atoms with Gasteiger partial charge in [-0.15, -0.1) is 0 Å². The van der Waals surface area contributed by atoms with E-state index in [1.54, 1.807) is 6.21 Å². The number of hydrogen-bond acceptors (Lipinski definition) is 8. The van der Waals surface area contributed by atoms with Gasteiger partial charge in [0.05, 0.1) is 19.4 Å². The molecule has 4 rings (SSSR count). The fourth-order valence-electron chi connectivity index (χ4n) is 2.89. The van der Waals surface area contributed by atoms with Gasteiger partial charge in [-0.2, -0.15) is 20.1 Å². The van der Waals surface area contributed by atoms with E-state index >= 15 is 0 Å². The second-order valence-electron chi connectivity index (χ2n) is 6.64. The summed E-state index contributed by atoms with van der Waals surface area (Å²) in [7, 11) is 0. The predicted octanol–water partition coefficient (Wildman–Crippen LogP) is 3.53. The highest BCUT2D eigenvalue weighted by atomic mass is 79.9. The van der Waals surface area contributed by atoms with E-state index < -0.39 is 0 Å². The monoisotopic (exact) mass is 467 g/mol. The first-order chi connectivity index (χ1) is 14.8. The van der Waals surface area contributed by atoms with Crippen LogP contribution in [-0.2, 0) is 11.3 Å². The molecule has 0 saturated carbocycles. The molecule has 0 bridgehead atoms. The Morgan fingerprint density at radius 2 is 1.70 bits per heavy atom. The summed E-state index contributed by atoms with van der Waals surface area (Å²) in [5, 5.41) is 7.55. The van der Waals surface area contributed by atoms with Crippen LogP contribution < -0.4 is 15.6 Å². The summed E-state index contributed by atoms with van der Waals surface area (Å²) in [6.07, 6.45) is 1.72. The molecule has 0 spiro atoms. The Hall–Kier alpha value is -3.04. The first-order valence-electron chi connectivity index (χ1n) is 9.67. The van der Waals surface area contributed by atoms with Gasteiger partial charge < -0.3 is 15.0 Å². The van der Waals surface area contributed by atoms with Gasteiger partial charge in [0.15, 0.2) is 0 Å². The second kappa shape index (κ2) is 10.1. The molecule has 1 aliphatic rings. The molecule has 1 saturated heterocycles. The third-order valence-electron chi connectivity index (χ3n) is 4.46. The first-order valence-corrected chi connectivity index (χ1v) is 10.5. The second-order valence-corrected chi connectivity index (χ2v) is 7.56. The fourth-order valence-corrected chi connectivity index (χ4v) is 3.15. The molecular formula is C21H22BrN7O. The average Bonchev–Trinajstić information content (AvgIpc) is 2.80. The summed E-state index contributed by atoms with van der Waals surface area (Å²) in [4.78, 5) is 15.7. The quantitative estimate of drug-likeness (QED) is 0.405. The molecule has 30 heavy (non-hydrogen) atoms. The highest BCUT2D eigenvalue weighted by molar-refractivity contribution is 9.10. The maximum atomic E-state index is 5.44. The zero-order chi connectivity index (χ0) is 20.6. The molecule has 1 aromatic heterocycles. The van der Waals surface area contributed by atoms with Gasteiger partial charge in [0, 0.05) is 24.1 Å². The van der Waals surface area contributed by atoms with Crippen molar-refractivity contribution in [3.63, 3.8) is 0 Å². The number of ether oxygens (including phenoxy) is 1. The van der Waals surface area contributed by atoms with E-state index in [1.807, 2.05) is 42.5 Å². The summed E-state index contributed by atoms with van der Waals surface area (Å²) in [5.41, 5.74) is 5.04. The molecule has 154 valence electrons. The normalized spacial score (nSPS) is 14.1. The van der Waals surface area contributed by atoms with Crippen LogP contribution in [-0.4, -0.2) is 47.5 Å². The van der Waals surface area contributed by atoms with Gasteiger partial charge in [0.1, 0.15) is 0 Å². The molecule has 0 aliphatic carbocycles. The van der Waals surface area contributed by atoms with Crippen LogP contribution in [0.25, 0.3) is 0 Å². The minimum Gasteiger partial charge on any atom is -0.378 e. The molecule has 3 aromatic rings. The third kappa shape index (κ3) is 5.74. The van der Waals surface area contributed by atoms with E-state index in [4.69, 9.17) is 4.74 Å². The van der Waals surface area contributed by atoms with Crippen molar-refractivity contribution in [1.29, 1.82) is 0 Å². The van der Waals surface area contributed by atoms with Crippen LogP contribution in [0.5, 0.6) is 0 Å². The summed E-state index contributed by atoms with van der Waals surface area (Å²) in [6, 6.07) is 18.0. The Kier molecular flexibility index (Phi) is 6.83.